The summed E-state index contributed by atoms with van der Waals surface area (Å²) in [7, 11) is -0.465. The van der Waals surface area contributed by atoms with Crippen LogP contribution in [0.15, 0.2) is 43.0 Å². The molecule has 0 radical (unpaired) electrons. The monoisotopic (exact) mass is 322 g/mol. The third-order valence-electron chi connectivity index (χ3n) is 4.90. The Morgan fingerprint density at radius 3 is 2.42 bits per heavy atom. The highest BCUT2D eigenvalue weighted by Crippen LogP contribution is 2.36. The van der Waals surface area contributed by atoms with Crippen LogP contribution in [0.5, 0.6) is 0 Å². The van der Waals surface area contributed by atoms with E-state index in [0.29, 0.717) is 0 Å². The Balaban J connectivity index is 1.81. The van der Waals surface area contributed by atoms with Crippen LogP contribution in [0.3, 0.4) is 0 Å². The highest BCUT2D eigenvalue weighted by atomic mass is 16.7. The number of aromatic nitrogens is 4. The van der Waals surface area contributed by atoms with Crippen molar-refractivity contribution in [3.8, 4) is 5.82 Å². The summed E-state index contributed by atoms with van der Waals surface area (Å²) in [5.41, 5.74) is 0.974. The number of rotatable bonds is 2. The zero-order chi connectivity index (χ0) is 16.9. The van der Waals surface area contributed by atoms with Crippen molar-refractivity contribution in [2.24, 2.45) is 0 Å². The van der Waals surface area contributed by atoms with Crippen molar-refractivity contribution >= 4 is 23.5 Å². The molecule has 0 bridgehead atoms. The molecule has 122 valence electrons. The van der Waals surface area contributed by atoms with Gasteiger partial charge >= 0.3 is 7.12 Å². The first-order chi connectivity index (χ1) is 11.4. The van der Waals surface area contributed by atoms with E-state index in [9.17, 15) is 0 Å². The summed E-state index contributed by atoms with van der Waals surface area (Å²) < 4.78 is 14.1. The van der Waals surface area contributed by atoms with Gasteiger partial charge in [0.1, 0.15) is 0 Å². The van der Waals surface area contributed by atoms with E-state index in [4.69, 9.17) is 9.31 Å². The van der Waals surface area contributed by atoms with E-state index in [2.05, 4.69) is 15.1 Å². The third-order valence-corrected chi connectivity index (χ3v) is 4.90. The Labute approximate surface area is 141 Å². The van der Waals surface area contributed by atoms with Crippen LogP contribution in [0.25, 0.3) is 16.7 Å². The van der Waals surface area contributed by atoms with Crippen molar-refractivity contribution in [2.75, 3.05) is 0 Å². The lowest BCUT2D eigenvalue weighted by Gasteiger charge is -2.32. The molecule has 0 amide bonds. The second-order valence-corrected chi connectivity index (χ2v) is 6.99. The van der Waals surface area contributed by atoms with Gasteiger partial charge in [-0.15, -0.1) is 0 Å². The highest BCUT2D eigenvalue weighted by Gasteiger charge is 2.52. The van der Waals surface area contributed by atoms with Crippen LogP contribution in [0.4, 0.5) is 0 Å². The summed E-state index contributed by atoms with van der Waals surface area (Å²) in [6.45, 7) is 8.16. The first-order valence-electron chi connectivity index (χ1n) is 7.98. The molecule has 1 fully saturated rings. The molecule has 0 N–H and O–H groups in total. The maximum atomic E-state index is 6.16. The summed E-state index contributed by atoms with van der Waals surface area (Å²) in [6, 6.07) is 5.72. The minimum absolute atomic E-state index is 0.392. The van der Waals surface area contributed by atoms with E-state index in [1.54, 1.807) is 23.3 Å². The van der Waals surface area contributed by atoms with Gasteiger partial charge in [-0.25, -0.2) is 9.67 Å². The minimum Gasteiger partial charge on any atom is -0.399 e. The summed E-state index contributed by atoms with van der Waals surface area (Å²) >= 11 is 0. The maximum absolute atomic E-state index is 6.16. The lowest BCUT2D eigenvalue weighted by atomic mass is 9.78. The SMILES string of the molecule is CC1(C)OB(c2cncc3c2cnn3-c2ccccn2)OC1(C)C. The van der Waals surface area contributed by atoms with Gasteiger partial charge in [-0.3, -0.25) is 4.98 Å². The minimum atomic E-state index is -0.465. The summed E-state index contributed by atoms with van der Waals surface area (Å²) in [5.74, 6) is 0.750. The number of hydrogen-bond acceptors (Lipinski definition) is 5. The fourth-order valence-corrected chi connectivity index (χ4v) is 2.78. The van der Waals surface area contributed by atoms with Crippen molar-refractivity contribution in [1.29, 1.82) is 0 Å². The smallest absolute Gasteiger partial charge is 0.399 e. The molecular formula is C17H19BN4O2. The van der Waals surface area contributed by atoms with Crippen LogP contribution in [-0.4, -0.2) is 38.1 Å². The molecule has 0 atom stereocenters. The number of fused-ring (bicyclic) bond motifs is 1. The molecule has 0 saturated carbocycles. The second-order valence-electron chi connectivity index (χ2n) is 6.99. The van der Waals surface area contributed by atoms with E-state index in [0.717, 1.165) is 22.2 Å². The van der Waals surface area contributed by atoms with E-state index in [-0.39, 0.29) is 0 Å². The molecule has 0 unspecified atom stereocenters. The summed E-state index contributed by atoms with van der Waals surface area (Å²) in [5, 5.41) is 5.43. The van der Waals surface area contributed by atoms with Gasteiger partial charge in [-0.2, -0.15) is 5.10 Å². The van der Waals surface area contributed by atoms with E-state index >= 15 is 0 Å². The molecule has 1 aliphatic rings. The van der Waals surface area contributed by atoms with Gasteiger partial charge in [-0.05, 0) is 39.8 Å². The predicted molar refractivity (Wildman–Crippen MR) is 92.4 cm³/mol. The Kier molecular flexibility index (Phi) is 3.27. The van der Waals surface area contributed by atoms with Crippen molar-refractivity contribution in [2.45, 2.75) is 38.9 Å². The second kappa shape index (κ2) is 5.12. The molecule has 0 aliphatic carbocycles. The quantitative estimate of drug-likeness (QED) is 0.676. The van der Waals surface area contributed by atoms with Gasteiger partial charge in [0.25, 0.3) is 0 Å². The van der Waals surface area contributed by atoms with Crippen molar-refractivity contribution in [3.63, 3.8) is 0 Å². The Morgan fingerprint density at radius 2 is 1.75 bits per heavy atom. The average Bonchev–Trinajstić information content (AvgIpc) is 3.06. The Bertz CT molecular complexity index is 876. The first kappa shape index (κ1) is 15.3. The van der Waals surface area contributed by atoms with Gasteiger partial charge in [0.2, 0.25) is 0 Å². The topological polar surface area (TPSA) is 62.1 Å². The molecule has 0 aromatic carbocycles. The van der Waals surface area contributed by atoms with Gasteiger partial charge in [0.15, 0.2) is 5.82 Å². The van der Waals surface area contributed by atoms with E-state index in [1.807, 2.05) is 52.1 Å². The van der Waals surface area contributed by atoms with E-state index < -0.39 is 18.3 Å². The zero-order valence-electron chi connectivity index (χ0n) is 14.2. The third kappa shape index (κ3) is 2.24. The fraction of sp³-hybridized carbons (Fsp3) is 0.353. The fourth-order valence-electron chi connectivity index (χ4n) is 2.78. The van der Waals surface area contributed by atoms with Crippen molar-refractivity contribution in [1.82, 2.24) is 19.7 Å². The number of pyridine rings is 2. The molecule has 3 aromatic heterocycles. The molecule has 4 rings (SSSR count). The zero-order valence-corrected chi connectivity index (χ0v) is 14.2. The molecule has 24 heavy (non-hydrogen) atoms. The van der Waals surface area contributed by atoms with Crippen LogP contribution in [0, 0.1) is 0 Å². The van der Waals surface area contributed by atoms with Gasteiger partial charge in [0, 0.05) is 23.2 Å². The Morgan fingerprint density at radius 1 is 1.00 bits per heavy atom. The molecule has 3 aromatic rings. The maximum Gasteiger partial charge on any atom is 0.497 e. The predicted octanol–water partition coefficient (Wildman–Crippen LogP) is 2.11. The van der Waals surface area contributed by atoms with Crippen LogP contribution in [-0.2, 0) is 9.31 Å². The molecule has 0 spiro atoms. The highest BCUT2D eigenvalue weighted by molar-refractivity contribution is 6.65. The lowest BCUT2D eigenvalue weighted by Crippen LogP contribution is -2.41. The molecule has 4 heterocycles. The first-order valence-corrected chi connectivity index (χ1v) is 7.98. The Hall–Kier alpha value is -2.25. The normalized spacial score (nSPS) is 19.1. The standard InChI is InChI=1S/C17H19BN4O2/c1-16(2)17(3,4)24-18(23-16)13-10-19-11-14-12(13)9-21-22(14)15-7-5-6-8-20-15/h5-11H,1-4H3. The van der Waals surface area contributed by atoms with Gasteiger partial charge in [0.05, 0.1) is 29.1 Å². The summed E-state index contributed by atoms with van der Waals surface area (Å²) in [4.78, 5) is 8.72. The van der Waals surface area contributed by atoms with E-state index in [1.165, 1.54) is 0 Å². The van der Waals surface area contributed by atoms with Crippen LogP contribution in [0.1, 0.15) is 27.7 Å². The molecule has 1 saturated heterocycles. The van der Waals surface area contributed by atoms with Crippen LogP contribution >= 0.6 is 0 Å². The molecule has 6 nitrogen and oxygen atoms in total. The van der Waals surface area contributed by atoms with Crippen molar-refractivity contribution < 1.29 is 9.31 Å². The lowest BCUT2D eigenvalue weighted by molar-refractivity contribution is 0.00578. The summed E-state index contributed by atoms with van der Waals surface area (Å²) in [6.07, 6.45) is 7.13. The van der Waals surface area contributed by atoms with Crippen LogP contribution in [0.2, 0.25) is 0 Å². The van der Waals surface area contributed by atoms with Crippen LogP contribution < -0.4 is 5.46 Å². The molecule has 7 heteroatoms. The van der Waals surface area contributed by atoms with Gasteiger partial charge in [-0.1, -0.05) is 6.07 Å². The van der Waals surface area contributed by atoms with Gasteiger partial charge < -0.3 is 9.31 Å². The largest absolute Gasteiger partial charge is 0.497 e. The number of nitrogens with zero attached hydrogens (tertiary/aromatic N) is 4. The number of hydrogen-bond donors (Lipinski definition) is 0. The average molecular weight is 322 g/mol. The molecule has 1 aliphatic heterocycles. The van der Waals surface area contributed by atoms with Crippen molar-refractivity contribution in [3.05, 3.63) is 43.0 Å². The molecular weight excluding hydrogens is 303 g/mol.